The molecule has 1 amide bonds. The number of sulfonamides is 1. The predicted octanol–water partition coefficient (Wildman–Crippen LogP) is 2.88. The fraction of sp³-hybridized carbons (Fsp3) is 0.316. The van der Waals surface area contributed by atoms with Crippen LogP contribution in [0.1, 0.15) is 24.2 Å². The van der Waals surface area contributed by atoms with Gasteiger partial charge >= 0.3 is 0 Å². The number of amides is 1. The number of nitrogens with one attached hydrogen (secondary N) is 1. The quantitative estimate of drug-likeness (QED) is 0.868. The Balaban J connectivity index is 1.76. The van der Waals surface area contributed by atoms with Crippen LogP contribution in [-0.4, -0.2) is 43.9 Å². The highest BCUT2D eigenvalue weighted by atomic mass is 32.2. The third-order valence-electron chi connectivity index (χ3n) is 4.26. The fourth-order valence-electron chi connectivity index (χ4n) is 3.01. The van der Waals surface area contributed by atoms with Gasteiger partial charge in [0.15, 0.2) is 0 Å². The topological polar surface area (TPSA) is 75.7 Å². The summed E-state index contributed by atoms with van der Waals surface area (Å²) in [7, 11) is -3.67. The third-order valence-corrected chi connectivity index (χ3v) is 6.11. The van der Waals surface area contributed by atoms with Crippen LogP contribution in [0.25, 0.3) is 0 Å². The minimum atomic E-state index is -3.67. The van der Waals surface area contributed by atoms with Crippen LogP contribution < -0.4 is 5.32 Å². The Bertz CT molecular complexity index is 921. The molecule has 6 nitrogen and oxygen atoms in total. The lowest BCUT2D eigenvalue weighted by Crippen LogP contribution is -2.48. The van der Waals surface area contributed by atoms with Crippen molar-refractivity contribution in [1.29, 1.82) is 0 Å². The van der Waals surface area contributed by atoms with Crippen molar-refractivity contribution in [3.8, 4) is 0 Å². The Morgan fingerprint density at radius 1 is 1.07 bits per heavy atom. The first kappa shape index (κ1) is 19.5. The third kappa shape index (κ3) is 4.35. The van der Waals surface area contributed by atoms with E-state index in [0.717, 1.165) is 0 Å². The highest BCUT2D eigenvalue weighted by Gasteiger charge is 2.32. The number of morpholine rings is 1. The molecule has 0 unspecified atom stereocenters. The van der Waals surface area contributed by atoms with E-state index < -0.39 is 21.7 Å². The summed E-state index contributed by atoms with van der Waals surface area (Å²) < 4.78 is 46.2. The maximum atomic E-state index is 13.6. The van der Waals surface area contributed by atoms with Gasteiger partial charge in [0, 0.05) is 18.7 Å². The van der Waals surface area contributed by atoms with E-state index in [4.69, 9.17) is 4.74 Å². The van der Waals surface area contributed by atoms with E-state index in [0.29, 0.717) is 0 Å². The van der Waals surface area contributed by atoms with Crippen LogP contribution >= 0.6 is 0 Å². The van der Waals surface area contributed by atoms with Crippen LogP contribution in [0.3, 0.4) is 0 Å². The number of benzene rings is 2. The molecule has 1 heterocycles. The molecule has 1 N–H and O–H groups in total. The van der Waals surface area contributed by atoms with E-state index in [1.165, 1.54) is 46.8 Å². The van der Waals surface area contributed by atoms with Crippen LogP contribution in [0, 0.1) is 5.82 Å². The van der Waals surface area contributed by atoms with Crippen molar-refractivity contribution in [2.45, 2.75) is 31.0 Å². The maximum absolute atomic E-state index is 13.6. The molecule has 0 spiro atoms. The van der Waals surface area contributed by atoms with Crippen LogP contribution in [-0.2, 0) is 14.8 Å². The van der Waals surface area contributed by atoms with Gasteiger partial charge in [-0.25, -0.2) is 12.8 Å². The van der Waals surface area contributed by atoms with E-state index in [1.54, 1.807) is 6.07 Å². The molecule has 2 atom stereocenters. The minimum Gasteiger partial charge on any atom is -0.373 e. The zero-order valence-corrected chi connectivity index (χ0v) is 15.9. The minimum absolute atomic E-state index is 0.0653. The molecule has 8 heteroatoms. The summed E-state index contributed by atoms with van der Waals surface area (Å²) in [6.07, 6.45) is -0.372. The summed E-state index contributed by atoms with van der Waals surface area (Å²) in [5.74, 6) is -1.06. The molecule has 3 rings (SSSR count). The largest absolute Gasteiger partial charge is 0.373 e. The second-order valence-corrected chi connectivity index (χ2v) is 8.48. The van der Waals surface area contributed by atoms with Crippen molar-refractivity contribution in [3.63, 3.8) is 0 Å². The monoisotopic (exact) mass is 392 g/mol. The van der Waals surface area contributed by atoms with Crippen LogP contribution in [0.4, 0.5) is 10.1 Å². The zero-order chi connectivity index (χ0) is 19.6. The van der Waals surface area contributed by atoms with Crippen molar-refractivity contribution in [2.75, 3.05) is 18.4 Å². The lowest BCUT2D eigenvalue weighted by atomic mass is 10.2. The standard InChI is InChI=1S/C19H21FN2O4S/c1-13-11-22(12-14(2)26-13)27(24,25)16-9-7-15(8-10-16)19(23)21-18-6-4-3-5-17(18)20/h3-10,13-14H,11-12H2,1-2H3,(H,21,23)/t13-,14-/m1/s1. The van der Waals surface area contributed by atoms with Gasteiger partial charge in [0.25, 0.3) is 5.91 Å². The van der Waals surface area contributed by atoms with Crippen LogP contribution in [0.2, 0.25) is 0 Å². The van der Waals surface area contributed by atoms with E-state index in [9.17, 15) is 17.6 Å². The number of ether oxygens (including phenoxy) is 1. The van der Waals surface area contributed by atoms with E-state index >= 15 is 0 Å². The summed E-state index contributed by atoms with van der Waals surface area (Å²) in [6.45, 7) is 4.22. The molecule has 144 valence electrons. The first-order valence-electron chi connectivity index (χ1n) is 8.59. The Kier molecular flexibility index (Phi) is 5.59. The number of para-hydroxylation sites is 1. The second kappa shape index (κ2) is 7.75. The number of nitrogens with zero attached hydrogens (tertiary/aromatic N) is 1. The highest BCUT2D eigenvalue weighted by Crippen LogP contribution is 2.22. The van der Waals surface area contributed by atoms with Gasteiger partial charge in [-0.15, -0.1) is 0 Å². The zero-order valence-electron chi connectivity index (χ0n) is 15.1. The van der Waals surface area contributed by atoms with Crippen molar-refractivity contribution in [1.82, 2.24) is 4.31 Å². The first-order valence-corrected chi connectivity index (χ1v) is 10.0. The van der Waals surface area contributed by atoms with E-state index in [-0.39, 0.29) is 41.4 Å². The number of hydrogen-bond donors (Lipinski definition) is 1. The van der Waals surface area contributed by atoms with Gasteiger partial charge in [0.1, 0.15) is 5.82 Å². The summed E-state index contributed by atoms with van der Waals surface area (Å²) in [6, 6.07) is 11.4. The average molecular weight is 392 g/mol. The predicted molar refractivity (Wildman–Crippen MR) is 99.6 cm³/mol. The van der Waals surface area contributed by atoms with Gasteiger partial charge in [0.2, 0.25) is 10.0 Å². The molecule has 2 aromatic carbocycles. The summed E-state index contributed by atoms with van der Waals surface area (Å²) in [5.41, 5.74) is 0.302. The molecule has 0 aromatic heterocycles. The van der Waals surface area contributed by atoms with Crippen molar-refractivity contribution in [3.05, 3.63) is 59.9 Å². The number of hydrogen-bond acceptors (Lipinski definition) is 4. The molecule has 0 bridgehead atoms. The number of anilines is 1. The molecule has 27 heavy (non-hydrogen) atoms. The van der Waals surface area contributed by atoms with Crippen LogP contribution in [0.15, 0.2) is 53.4 Å². The molecule has 1 aliphatic heterocycles. The molecule has 1 saturated heterocycles. The number of halogens is 1. The van der Waals surface area contributed by atoms with Gasteiger partial charge < -0.3 is 10.1 Å². The molecule has 2 aromatic rings. The Morgan fingerprint density at radius 2 is 1.67 bits per heavy atom. The fourth-order valence-corrected chi connectivity index (χ4v) is 4.60. The maximum Gasteiger partial charge on any atom is 0.255 e. The van der Waals surface area contributed by atoms with Gasteiger partial charge in [0.05, 0.1) is 22.8 Å². The molecule has 0 aliphatic carbocycles. The molecule has 0 saturated carbocycles. The van der Waals surface area contributed by atoms with Gasteiger partial charge in [-0.05, 0) is 50.2 Å². The lowest BCUT2D eigenvalue weighted by molar-refractivity contribution is -0.0440. The van der Waals surface area contributed by atoms with Gasteiger partial charge in [-0.3, -0.25) is 4.79 Å². The average Bonchev–Trinajstić information content (AvgIpc) is 2.63. The summed E-state index contributed by atoms with van der Waals surface area (Å²) in [4.78, 5) is 12.4. The van der Waals surface area contributed by atoms with E-state index in [2.05, 4.69) is 5.32 Å². The normalized spacial score (nSPS) is 21.0. The SMILES string of the molecule is C[C@@H]1CN(S(=O)(=O)c2ccc(C(=O)Nc3ccccc3F)cc2)C[C@@H](C)O1. The summed E-state index contributed by atoms with van der Waals surface area (Å²) in [5, 5.41) is 2.47. The lowest BCUT2D eigenvalue weighted by Gasteiger charge is -2.34. The van der Waals surface area contributed by atoms with Crippen molar-refractivity contribution in [2.24, 2.45) is 0 Å². The smallest absolute Gasteiger partial charge is 0.255 e. The number of rotatable bonds is 4. The van der Waals surface area contributed by atoms with Gasteiger partial charge in [-0.1, -0.05) is 12.1 Å². The second-order valence-electron chi connectivity index (χ2n) is 6.54. The molecule has 0 radical (unpaired) electrons. The van der Waals surface area contributed by atoms with Gasteiger partial charge in [-0.2, -0.15) is 4.31 Å². The first-order chi connectivity index (χ1) is 12.8. The number of carbonyl (C=O) groups is 1. The molecule has 1 aliphatic rings. The Labute approximate surface area is 158 Å². The summed E-state index contributed by atoms with van der Waals surface area (Å²) >= 11 is 0. The van der Waals surface area contributed by atoms with Crippen LogP contribution in [0.5, 0.6) is 0 Å². The Hall–Kier alpha value is -2.29. The van der Waals surface area contributed by atoms with Crippen molar-refractivity contribution < 1.29 is 22.3 Å². The molecular formula is C19H21FN2O4S. The number of carbonyl (C=O) groups excluding carboxylic acids is 1. The highest BCUT2D eigenvalue weighted by molar-refractivity contribution is 7.89. The molecule has 1 fully saturated rings. The molecular weight excluding hydrogens is 371 g/mol. The Morgan fingerprint density at radius 3 is 2.26 bits per heavy atom. The van der Waals surface area contributed by atoms with E-state index in [1.807, 2.05) is 13.8 Å². The van der Waals surface area contributed by atoms with Crippen molar-refractivity contribution >= 4 is 21.6 Å².